The normalized spacial score (nSPS) is 16.5. The molecule has 0 spiro atoms. The lowest BCUT2D eigenvalue weighted by Gasteiger charge is -2.38. The van der Waals surface area contributed by atoms with Crippen LogP contribution in [0.4, 0.5) is 0 Å². The van der Waals surface area contributed by atoms with Gasteiger partial charge in [-0.05, 0) is 42.0 Å². The molecule has 1 amide bonds. The molecule has 0 radical (unpaired) electrons. The van der Waals surface area contributed by atoms with Gasteiger partial charge in [0.1, 0.15) is 9.96 Å². The van der Waals surface area contributed by atoms with E-state index in [9.17, 15) is 13.2 Å². The fourth-order valence-electron chi connectivity index (χ4n) is 3.72. The molecule has 2 N–H and O–H groups in total. The maximum atomic E-state index is 12.3. The highest BCUT2D eigenvalue weighted by atomic mass is 32.2. The summed E-state index contributed by atoms with van der Waals surface area (Å²) in [5.41, 5.74) is 1.07. The molecule has 1 heterocycles. The Balaban J connectivity index is 1.62. The zero-order chi connectivity index (χ0) is 20.0. The van der Waals surface area contributed by atoms with Crippen molar-refractivity contribution < 1.29 is 17.9 Å². The van der Waals surface area contributed by atoms with Crippen LogP contribution >= 0.6 is 11.3 Å². The average Bonchev–Trinajstić information content (AvgIpc) is 3.27. The van der Waals surface area contributed by atoms with Crippen LogP contribution in [0.2, 0.25) is 0 Å². The number of hydrogen-bond acceptors (Lipinski definition) is 5. The van der Waals surface area contributed by atoms with E-state index in [1.54, 1.807) is 18.6 Å². The number of rotatable bonds is 8. The molecule has 1 fully saturated rings. The predicted octanol–water partition coefficient (Wildman–Crippen LogP) is 3.05. The minimum absolute atomic E-state index is 0.118. The van der Waals surface area contributed by atoms with Crippen LogP contribution in [0.3, 0.4) is 0 Å². The minimum atomic E-state index is -3.64. The van der Waals surface area contributed by atoms with Crippen molar-refractivity contribution in [1.82, 2.24) is 10.0 Å². The van der Waals surface area contributed by atoms with E-state index in [2.05, 4.69) is 22.2 Å². The van der Waals surface area contributed by atoms with Gasteiger partial charge in [0.25, 0.3) is 10.0 Å². The van der Waals surface area contributed by atoms with Gasteiger partial charge in [0, 0.05) is 12.0 Å². The molecule has 6 nitrogen and oxygen atoms in total. The number of carbonyl (C=O) groups is 1. The second-order valence-corrected chi connectivity index (χ2v) is 10.0. The largest absolute Gasteiger partial charge is 0.497 e. The summed E-state index contributed by atoms with van der Waals surface area (Å²) in [6.07, 6.45) is 5.44. The number of methoxy groups -OCH3 is 1. The van der Waals surface area contributed by atoms with Gasteiger partial charge in [-0.2, -0.15) is 0 Å². The van der Waals surface area contributed by atoms with E-state index >= 15 is 0 Å². The van der Waals surface area contributed by atoms with Gasteiger partial charge in [0.05, 0.1) is 13.7 Å². The molecular weight excluding hydrogens is 396 g/mol. The first-order chi connectivity index (χ1) is 13.5. The molecule has 0 bridgehead atoms. The number of ether oxygens (including phenoxy) is 1. The Labute approximate surface area is 170 Å². The Morgan fingerprint density at radius 2 is 1.86 bits per heavy atom. The van der Waals surface area contributed by atoms with Gasteiger partial charge in [-0.15, -0.1) is 11.3 Å². The molecule has 2 aromatic rings. The number of carbonyl (C=O) groups excluding carboxylic acids is 1. The molecule has 1 saturated carbocycles. The Hall–Kier alpha value is -1.90. The number of thiophene rings is 1. The molecule has 0 unspecified atom stereocenters. The molecular formula is C20H26N2O4S2. The number of sulfonamides is 1. The van der Waals surface area contributed by atoms with Crippen molar-refractivity contribution in [3.63, 3.8) is 0 Å². The zero-order valence-electron chi connectivity index (χ0n) is 15.9. The van der Waals surface area contributed by atoms with Crippen LogP contribution in [-0.2, 0) is 20.2 Å². The highest BCUT2D eigenvalue weighted by Gasteiger charge is 2.34. The highest BCUT2D eigenvalue weighted by Crippen LogP contribution is 2.39. The lowest BCUT2D eigenvalue weighted by atomic mass is 9.69. The second-order valence-electron chi connectivity index (χ2n) is 7.10. The Bertz CT molecular complexity index is 871. The van der Waals surface area contributed by atoms with E-state index in [0.29, 0.717) is 6.54 Å². The van der Waals surface area contributed by atoms with Crippen molar-refractivity contribution in [3.05, 3.63) is 47.3 Å². The maximum Gasteiger partial charge on any atom is 0.250 e. The quantitative estimate of drug-likeness (QED) is 0.685. The van der Waals surface area contributed by atoms with Gasteiger partial charge < -0.3 is 10.1 Å². The first-order valence-electron chi connectivity index (χ1n) is 9.40. The van der Waals surface area contributed by atoms with Crippen molar-refractivity contribution >= 4 is 27.3 Å². The summed E-state index contributed by atoms with van der Waals surface area (Å²) < 4.78 is 32.1. The van der Waals surface area contributed by atoms with E-state index in [1.165, 1.54) is 18.1 Å². The third-order valence-electron chi connectivity index (χ3n) is 5.32. The van der Waals surface area contributed by atoms with Gasteiger partial charge in [-0.1, -0.05) is 37.5 Å². The molecule has 1 aliphatic carbocycles. The van der Waals surface area contributed by atoms with Crippen LogP contribution in [0.5, 0.6) is 5.75 Å². The van der Waals surface area contributed by atoms with Crippen molar-refractivity contribution in [2.45, 2.75) is 41.7 Å². The maximum absolute atomic E-state index is 12.3. The molecule has 0 aliphatic heterocycles. The molecule has 8 heteroatoms. The van der Waals surface area contributed by atoms with Crippen LogP contribution in [0.25, 0.3) is 0 Å². The van der Waals surface area contributed by atoms with E-state index in [0.717, 1.165) is 42.8 Å². The lowest BCUT2D eigenvalue weighted by Crippen LogP contribution is -2.45. The Morgan fingerprint density at radius 1 is 1.14 bits per heavy atom. The Kier molecular flexibility index (Phi) is 6.74. The predicted molar refractivity (Wildman–Crippen MR) is 110 cm³/mol. The molecule has 0 saturated heterocycles. The number of benzene rings is 1. The van der Waals surface area contributed by atoms with E-state index in [4.69, 9.17) is 4.74 Å². The summed E-state index contributed by atoms with van der Waals surface area (Å²) in [4.78, 5) is 12.3. The van der Waals surface area contributed by atoms with E-state index in [1.807, 2.05) is 12.1 Å². The molecule has 152 valence electrons. The van der Waals surface area contributed by atoms with Gasteiger partial charge in [-0.3, -0.25) is 4.79 Å². The SMILES string of the molecule is COc1ccc(C2(CNC(=O)CNS(=O)(=O)c3cccs3)CCCCC2)cc1. The third-order valence-corrected chi connectivity index (χ3v) is 8.12. The van der Waals surface area contributed by atoms with Crippen LogP contribution in [-0.4, -0.2) is 34.5 Å². The zero-order valence-corrected chi connectivity index (χ0v) is 17.6. The summed E-state index contributed by atoms with van der Waals surface area (Å²) in [6.45, 7) is 0.234. The van der Waals surface area contributed by atoms with Gasteiger partial charge in [-0.25, -0.2) is 13.1 Å². The van der Waals surface area contributed by atoms with E-state index < -0.39 is 10.0 Å². The molecule has 1 aliphatic rings. The highest BCUT2D eigenvalue weighted by molar-refractivity contribution is 7.91. The van der Waals surface area contributed by atoms with Crippen LogP contribution in [0, 0.1) is 0 Å². The van der Waals surface area contributed by atoms with Crippen molar-refractivity contribution in [2.24, 2.45) is 0 Å². The topological polar surface area (TPSA) is 84.5 Å². The smallest absolute Gasteiger partial charge is 0.250 e. The summed E-state index contributed by atoms with van der Waals surface area (Å²) in [7, 11) is -1.99. The number of amides is 1. The molecule has 28 heavy (non-hydrogen) atoms. The third kappa shape index (κ3) is 4.92. The van der Waals surface area contributed by atoms with Gasteiger partial charge in [0.2, 0.25) is 5.91 Å². The summed E-state index contributed by atoms with van der Waals surface area (Å²) in [5, 5.41) is 4.64. The number of hydrogen-bond donors (Lipinski definition) is 2. The van der Waals surface area contributed by atoms with Gasteiger partial charge in [0.15, 0.2) is 0 Å². The summed E-state index contributed by atoms with van der Waals surface area (Å²) >= 11 is 1.12. The average molecular weight is 423 g/mol. The van der Waals surface area contributed by atoms with Crippen LogP contribution in [0.1, 0.15) is 37.7 Å². The molecule has 1 aromatic heterocycles. The summed E-state index contributed by atoms with van der Waals surface area (Å²) in [5.74, 6) is 0.486. The van der Waals surface area contributed by atoms with Crippen molar-refractivity contribution in [1.29, 1.82) is 0 Å². The molecule has 0 atom stereocenters. The monoisotopic (exact) mass is 422 g/mol. The lowest BCUT2D eigenvalue weighted by molar-refractivity contribution is -0.120. The first-order valence-corrected chi connectivity index (χ1v) is 11.8. The van der Waals surface area contributed by atoms with Crippen LogP contribution in [0.15, 0.2) is 46.0 Å². The van der Waals surface area contributed by atoms with Gasteiger partial charge >= 0.3 is 0 Å². The number of nitrogens with one attached hydrogen (secondary N) is 2. The minimum Gasteiger partial charge on any atom is -0.497 e. The first kappa shape index (κ1) is 20.8. The summed E-state index contributed by atoms with van der Waals surface area (Å²) in [6, 6.07) is 11.2. The van der Waals surface area contributed by atoms with Crippen LogP contribution < -0.4 is 14.8 Å². The Morgan fingerprint density at radius 3 is 2.46 bits per heavy atom. The second kappa shape index (κ2) is 9.07. The fourth-order valence-corrected chi connectivity index (χ4v) is 5.74. The standard InChI is InChI=1S/C20H26N2O4S2/c1-26-17-9-7-16(8-10-17)20(11-3-2-4-12-20)15-21-18(23)14-22-28(24,25)19-6-5-13-27-19/h5-10,13,22H,2-4,11-12,14-15H2,1H3,(H,21,23). The van der Waals surface area contributed by atoms with Crippen molar-refractivity contribution in [3.8, 4) is 5.75 Å². The fraction of sp³-hybridized carbons (Fsp3) is 0.450. The molecule has 3 rings (SSSR count). The van der Waals surface area contributed by atoms with E-state index in [-0.39, 0.29) is 22.1 Å². The molecule has 1 aromatic carbocycles. The van der Waals surface area contributed by atoms with Crippen molar-refractivity contribution in [2.75, 3.05) is 20.2 Å².